The summed E-state index contributed by atoms with van der Waals surface area (Å²) in [4.78, 5) is 24.3. The minimum Gasteiger partial charge on any atom is -0.393 e. The molecule has 1 unspecified atom stereocenters. The molecule has 1 aliphatic rings. The topological polar surface area (TPSA) is 46.6 Å². The van der Waals surface area contributed by atoms with Gasteiger partial charge in [0.2, 0.25) is 0 Å². The molecule has 1 heterocycles. The van der Waals surface area contributed by atoms with E-state index >= 15 is 0 Å². The van der Waals surface area contributed by atoms with Gasteiger partial charge in [0.1, 0.15) is 0 Å². The molecule has 0 amide bonds. The van der Waals surface area contributed by atoms with Gasteiger partial charge in [-0.2, -0.15) is 0 Å². The third-order valence-corrected chi connectivity index (χ3v) is 2.90. The van der Waals surface area contributed by atoms with E-state index in [0.717, 1.165) is 11.3 Å². The number of hydrogen-bond donors (Lipinski definition) is 0. The largest absolute Gasteiger partial charge is 0.393 e. The van der Waals surface area contributed by atoms with E-state index in [-0.39, 0.29) is 12.3 Å². The molecule has 0 radical (unpaired) electrons. The average molecular weight is 233 g/mol. The highest BCUT2D eigenvalue weighted by Gasteiger charge is 2.33. The van der Waals surface area contributed by atoms with Crippen molar-refractivity contribution in [1.82, 2.24) is 0 Å². The van der Waals surface area contributed by atoms with E-state index < -0.39 is 11.9 Å². The van der Waals surface area contributed by atoms with Gasteiger partial charge in [0.05, 0.1) is 12.3 Å². The highest BCUT2D eigenvalue weighted by molar-refractivity contribution is 5.94. The molecule has 2 rings (SSSR count). The van der Waals surface area contributed by atoms with Crippen molar-refractivity contribution < 1.29 is 14.3 Å². The van der Waals surface area contributed by atoms with Gasteiger partial charge in [0.15, 0.2) is 0 Å². The summed E-state index contributed by atoms with van der Waals surface area (Å²) in [6, 6.07) is 7.95. The van der Waals surface area contributed by atoms with E-state index in [0.29, 0.717) is 6.42 Å². The summed E-state index contributed by atoms with van der Waals surface area (Å²) in [5.41, 5.74) is 2.16. The van der Waals surface area contributed by atoms with Gasteiger partial charge in [0.25, 0.3) is 0 Å². The van der Waals surface area contributed by atoms with Crippen LogP contribution in [-0.2, 0) is 20.7 Å². The van der Waals surface area contributed by atoms with Gasteiger partial charge in [-0.05, 0) is 24.1 Å². The monoisotopic (exact) mass is 233 g/mol. The van der Waals surface area contributed by atoms with Gasteiger partial charge in [0, 0.05) is 19.8 Å². The average Bonchev–Trinajstić information content (AvgIpc) is 2.58. The van der Waals surface area contributed by atoms with E-state index in [4.69, 9.17) is 0 Å². The first-order valence-corrected chi connectivity index (χ1v) is 5.57. The molecule has 1 saturated heterocycles. The maximum atomic E-state index is 11.3. The summed E-state index contributed by atoms with van der Waals surface area (Å²) in [5.74, 6) is -1.12. The molecular formula is C13H15NO3. The second-order valence-corrected chi connectivity index (χ2v) is 4.46. The van der Waals surface area contributed by atoms with Crippen LogP contribution < -0.4 is 4.90 Å². The number of anilines is 1. The zero-order chi connectivity index (χ0) is 12.4. The molecule has 90 valence electrons. The molecule has 0 aliphatic carbocycles. The number of cyclic esters (lactones) is 2. The Morgan fingerprint density at radius 2 is 1.88 bits per heavy atom. The molecule has 1 atom stereocenters. The standard InChI is InChI=1S/C13H15NO3/c1-14(2)11-5-3-9(4-6-11)7-10-8-12(15)17-13(10)16/h3-6,10H,7-8H2,1-2H3. The second kappa shape index (κ2) is 4.57. The van der Waals surface area contributed by atoms with E-state index in [9.17, 15) is 9.59 Å². The fraction of sp³-hybridized carbons (Fsp3) is 0.385. The smallest absolute Gasteiger partial charge is 0.317 e. The van der Waals surface area contributed by atoms with Crippen molar-refractivity contribution in [1.29, 1.82) is 0 Å². The predicted octanol–water partition coefficient (Wildman–Crippen LogP) is 1.38. The number of esters is 2. The van der Waals surface area contributed by atoms with Crippen LogP contribution in [-0.4, -0.2) is 26.0 Å². The minimum atomic E-state index is -0.412. The summed E-state index contributed by atoms with van der Waals surface area (Å²) in [7, 11) is 3.95. The molecule has 1 fully saturated rings. The van der Waals surface area contributed by atoms with Crippen LogP contribution in [0.15, 0.2) is 24.3 Å². The van der Waals surface area contributed by atoms with Gasteiger partial charge >= 0.3 is 11.9 Å². The fourth-order valence-corrected chi connectivity index (χ4v) is 1.89. The van der Waals surface area contributed by atoms with Gasteiger partial charge in [-0.15, -0.1) is 0 Å². The quantitative estimate of drug-likeness (QED) is 0.584. The SMILES string of the molecule is CN(C)c1ccc(CC2CC(=O)OC2=O)cc1. The Hall–Kier alpha value is -1.84. The zero-order valence-corrected chi connectivity index (χ0v) is 9.97. The summed E-state index contributed by atoms with van der Waals surface area (Å²) in [6.45, 7) is 0. The Labute approximate surface area is 100 Å². The lowest BCUT2D eigenvalue weighted by Crippen LogP contribution is -2.11. The Morgan fingerprint density at radius 1 is 1.24 bits per heavy atom. The maximum Gasteiger partial charge on any atom is 0.317 e. The third kappa shape index (κ3) is 2.64. The van der Waals surface area contributed by atoms with Crippen LogP contribution >= 0.6 is 0 Å². The van der Waals surface area contributed by atoms with Crippen molar-refractivity contribution >= 4 is 17.6 Å². The highest BCUT2D eigenvalue weighted by atomic mass is 16.6. The summed E-state index contributed by atoms with van der Waals surface area (Å²) < 4.78 is 4.52. The highest BCUT2D eigenvalue weighted by Crippen LogP contribution is 2.22. The molecule has 0 bridgehead atoms. The summed E-state index contributed by atoms with van der Waals surface area (Å²) in [6.07, 6.45) is 0.770. The lowest BCUT2D eigenvalue weighted by Gasteiger charge is -2.13. The van der Waals surface area contributed by atoms with E-state index in [2.05, 4.69) is 4.74 Å². The Bertz CT molecular complexity index is 436. The van der Waals surface area contributed by atoms with Gasteiger partial charge in [-0.3, -0.25) is 9.59 Å². The number of nitrogens with zero attached hydrogens (tertiary/aromatic N) is 1. The zero-order valence-electron chi connectivity index (χ0n) is 9.97. The molecule has 0 saturated carbocycles. The Balaban J connectivity index is 2.04. The molecule has 1 aromatic carbocycles. The van der Waals surface area contributed by atoms with Crippen LogP contribution in [0.25, 0.3) is 0 Å². The lowest BCUT2D eigenvalue weighted by atomic mass is 9.98. The van der Waals surface area contributed by atoms with Crippen molar-refractivity contribution in [3.05, 3.63) is 29.8 Å². The number of carbonyl (C=O) groups excluding carboxylic acids is 2. The first kappa shape index (κ1) is 11.6. The first-order chi connectivity index (χ1) is 8.06. The first-order valence-electron chi connectivity index (χ1n) is 5.57. The van der Waals surface area contributed by atoms with E-state index in [1.165, 1.54) is 0 Å². The number of benzene rings is 1. The van der Waals surface area contributed by atoms with E-state index in [1.54, 1.807) is 0 Å². The van der Waals surface area contributed by atoms with Crippen molar-refractivity contribution in [2.45, 2.75) is 12.8 Å². The predicted molar refractivity (Wildman–Crippen MR) is 63.7 cm³/mol. The van der Waals surface area contributed by atoms with Gasteiger partial charge in [-0.25, -0.2) is 0 Å². The van der Waals surface area contributed by atoms with Crippen LogP contribution in [0, 0.1) is 5.92 Å². The van der Waals surface area contributed by atoms with Crippen LogP contribution in [0.4, 0.5) is 5.69 Å². The van der Waals surface area contributed by atoms with Gasteiger partial charge < -0.3 is 9.64 Å². The van der Waals surface area contributed by atoms with Crippen molar-refractivity contribution in [3.8, 4) is 0 Å². The molecule has 0 N–H and O–H groups in total. The Kier molecular flexibility index (Phi) is 3.13. The molecule has 1 aromatic rings. The number of hydrogen-bond acceptors (Lipinski definition) is 4. The molecular weight excluding hydrogens is 218 g/mol. The molecule has 0 aromatic heterocycles. The summed E-state index contributed by atoms with van der Waals surface area (Å²) in [5, 5.41) is 0. The van der Waals surface area contributed by atoms with Crippen LogP contribution in [0.1, 0.15) is 12.0 Å². The fourth-order valence-electron chi connectivity index (χ4n) is 1.89. The Morgan fingerprint density at radius 3 is 2.35 bits per heavy atom. The molecule has 17 heavy (non-hydrogen) atoms. The molecule has 0 spiro atoms. The third-order valence-electron chi connectivity index (χ3n) is 2.90. The van der Waals surface area contributed by atoms with E-state index in [1.807, 2.05) is 43.3 Å². The van der Waals surface area contributed by atoms with Crippen LogP contribution in [0.3, 0.4) is 0 Å². The van der Waals surface area contributed by atoms with Crippen molar-refractivity contribution in [2.75, 3.05) is 19.0 Å². The lowest BCUT2D eigenvalue weighted by molar-refractivity contribution is -0.153. The number of ether oxygens (including phenoxy) is 1. The minimum absolute atomic E-state index is 0.203. The van der Waals surface area contributed by atoms with Gasteiger partial charge in [-0.1, -0.05) is 12.1 Å². The normalized spacial score (nSPS) is 19.3. The number of carbonyl (C=O) groups is 2. The summed E-state index contributed by atoms with van der Waals surface area (Å²) >= 11 is 0. The molecule has 4 nitrogen and oxygen atoms in total. The number of rotatable bonds is 3. The van der Waals surface area contributed by atoms with Crippen molar-refractivity contribution in [3.63, 3.8) is 0 Å². The van der Waals surface area contributed by atoms with Crippen molar-refractivity contribution in [2.24, 2.45) is 5.92 Å². The molecule has 1 aliphatic heterocycles. The van der Waals surface area contributed by atoms with Crippen LogP contribution in [0.5, 0.6) is 0 Å². The van der Waals surface area contributed by atoms with Crippen LogP contribution in [0.2, 0.25) is 0 Å². The molecule has 4 heteroatoms. The maximum absolute atomic E-state index is 11.3. The second-order valence-electron chi connectivity index (χ2n) is 4.46.